The molecule has 0 aromatic carbocycles. The van der Waals surface area contributed by atoms with Crippen LogP contribution in [0.2, 0.25) is 0 Å². The zero-order chi connectivity index (χ0) is 6.74. The molecule has 0 fully saturated rings. The Kier molecular flexibility index (Phi) is 1.56. The van der Waals surface area contributed by atoms with Crippen LogP contribution >= 0.6 is 0 Å². The molecule has 0 aliphatic carbocycles. The molecule has 9 heavy (non-hydrogen) atoms. The van der Waals surface area contributed by atoms with Crippen LogP contribution in [0.5, 0.6) is 0 Å². The van der Waals surface area contributed by atoms with Gasteiger partial charge in [-0.1, -0.05) is 19.9 Å². The Morgan fingerprint density at radius 3 is 3.11 bits per heavy atom. The summed E-state index contributed by atoms with van der Waals surface area (Å²) in [5.41, 5.74) is 0.222. The summed E-state index contributed by atoms with van der Waals surface area (Å²) in [5, 5.41) is 2.93. The topological polar surface area (TPSA) is 24.4 Å². The minimum absolute atomic E-state index is 0.222. The van der Waals surface area contributed by atoms with Gasteiger partial charge in [0.1, 0.15) is 0 Å². The Balaban J connectivity index is 2.66. The average molecular weight is 124 g/mol. The standard InChI is InChI=1S/C7H12N2/c1-7(2)3-4-8-6-9-5-7/h3-4,6H,5H2,1-2H3,(H,8,9). The van der Waals surface area contributed by atoms with Gasteiger partial charge in [0.05, 0.1) is 6.34 Å². The first-order chi connectivity index (χ1) is 4.21. The lowest BCUT2D eigenvalue weighted by Crippen LogP contribution is -2.10. The van der Waals surface area contributed by atoms with Crippen LogP contribution in [0.1, 0.15) is 13.8 Å². The van der Waals surface area contributed by atoms with Crippen molar-refractivity contribution in [2.24, 2.45) is 10.4 Å². The van der Waals surface area contributed by atoms with E-state index in [1.54, 1.807) is 6.34 Å². The van der Waals surface area contributed by atoms with Crippen molar-refractivity contribution in [3.05, 3.63) is 12.3 Å². The third-order valence-electron chi connectivity index (χ3n) is 1.30. The molecule has 0 radical (unpaired) electrons. The zero-order valence-electron chi connectivity index (χ0n) is 5.89. The van der Waals surface area contributed by atoms with Gasteiger partial charge in [-0.2, -0.15) is 0 Å². The van der Waals surface area contributed by atoms with Crippen LogP contribution in [-0.2, 0) is 0 Å². The highest BCUT2D eigenvalue weighted by atomic mass is 14.9. The molecular formula is C7H12N2. The highest BCUT2D eigenvalue weighted by molar-refractivity contribution is 5.56. The van der Waals surface area contributed by atoms with Gasteiger partial charge in [0.2, 0.25) is 0 Å². The third kappa shape index (κ3) is 1.88. The fraction of sp³-hybridized carbons (Fsp3) is 0.571. The first-order valence-electron chi connectivity index (χ1n) is 3.13. The quantitative estimate of drug-likeness (QED) is 0.515. The molecule has 50 valence electrons. The van der Waals surface area contributed by atoms with Crippen LogP contribution in [0.25, 0.3) is 0 Å². The number of hydrogen-bond donors (Lipinski definition) is 1. The van der Waals surface area contributed by atoms with E-state index in [-0.39, 0.29) is 5.41 Å². The Hall–Kier alpha value is -0.790. The molecule has 0 atom stereocenters. The first-order valence-corrected chi connectivity index (χ1v) is 3.13. The van der Waals surface area contributed by atoms with E-state index in [4.69, 9.17) is 0 Å². The van der Waals surface area contributed by atoms with E-state index in [0.29, 0.717) is 0 Å². The minimum Gasteiger partial charge on any atom is -0.353 e. The fourth-order valence-electron chi connectivity index (χ4n) is 0.703. The fourth-order valence-corrected chi connectivity index (χ4v) is 0.703. The van der Waals surface area contributed by atoms with Crippen LogP contribution in [0.4, 0.5) is 0 Å². The van der Waals surface area contributed by atoms with Gasteiger partial charge in [0, 0.05) is 12.0 Å². The Labute approximate surface area is 55.7 Å². The normalized spacial score (nSPS) is 22.9. The Bertz CT molecular complexity index is 145. The second kappa shape index (κ2) is 2.21. The molecule has 1 rings (SSSR count). The first kappa shape index (κ1) is 6.33. The van der Waals surface area contributed by atoms with Crippen molar-refractivity contribution in [2.75, 3.05) is 6.54 Å². The summed E-state index contributed by atoms with van der Waals surface area (Å²) in [7, 11) is 0. The predicted molar refractivity (Wildman–Crippen MR) is 39.4 cm³/mol. The molecule has 0 saturated heterocycles. The maximum atomic E-state index is 4.12. The molecule has 0 unspecified atom stereocenters. The highest BCUT2D eigenvalue weighted by Gasteiger charge is 2.12. The molecule has 1 aliphatic rings. The summed E-state index contributed by atoms with van der Waals surface area (Å²) in [6.45, 7) is 5.19. The van der Waals surface area contributed by atoms with E-state index in [1.807, 2.05) is 6.20 Å². The Morgan fingerprint density at radius 2 is 2.33 bits per heavy atom. The van der Waals surface area contributed by atoms with Crippen LogP contribution in [-0.4, -0.2) is 12.9 Å². The minimum atomic E-state index is 0.222. The molecule has 0 aromatic heterocycles. The van der Waals surface area contributed by atoms with E-state index < -0.39 is 0 Å². The third-order valence-corrected chi connectivity index (χ3v) is 1.30. The predicted octanol–water partition coefficient (Wildman–Crippen LogP) is 1.16. The largest absolute Gasteiger partial charge is 0.353 e. The highest BCUT2D eigenvalue weighted by Crippen LogP contribution is 2.17. The van der Waals surface area contributed by atoms with Crippen molar-refractivity contribution in [1.82, 2.24) is 5.32 Å². The number of nitrogens with zero attached hydrogens (tertiary/aromatic N) is 1. The van der Waals surface area contributed by atoms with Gasteiger partial charge < -0.3 is 5.32 Å². The van der Waals surface area contributed by atoms with Crippen LogP contribution in [0, 0.1) is 5.41 Å². The van der Waals surface area contributed by atoms with Crippen molar-refractivity contribution in [3.8, 4) is 0 Å². The summed E-state index contributed by atoms with van der Waals surface area (Å²) in [5.74, 6) is 0. The summed E-state index contributed by atoms with van der Waals surface area (Å²) >= 11 is 0. The Morgan fingerprint density at radius 1 is 1.56 bits per heavy atom. The molecule has 1 heterocycles. The summed E-state index contributed by atoms with van der Waals surface area (Å²) < 4.78 is 0. The van der Waals surface area contributed by atoms with Gasteiger partial charge in [0.15, 0.2) is 0 Å². The van der Waals surface area contributed by atoms with Gasteiger partial charge in [-0.3, -0.25) is 4.99 Å². The molecule has 2 heteroatoms. The van der Waals surface area contributed by atoms with E-state index in [0.717, 1.165) is 6.54 Å². The van der Waals surface area contributed by atoms with Gasteiger partial charge in [-0.15, -0.1) is 0 Å². The SMILES string of the molecule is CC1(C)C=CNC=NC1. The monoisotopic (exact) mass is 124 g/mol. The molecular weight excluding hydrogens is 112 g/mol. The number of aliphatic imine (C=N–C) groups is 1. The van der Waals surface area contributed by atoms with Gasteiger partial charge in [-0.05, 0) is 6.20 Å². The second-order valence-corrected chi connectivity index (χ2v) is 2.96. The van der Waals surface area contributed by atoms with E-state index in [9.17, 15) is 0 Å². The van der Waals surface area contributed by atoms with Gasteiger partial charge in [-0.25, -0.2) is 0 Å². The van der Waals surface area contributed by atoms with Gasteiger partial charge >= 0.3 is 0 Å². The lowest BCUT2D eigenvalue weighted by molar-refractivity contribution is 0.499. The molecule has 0 bridgehead atoms. The molecule has 0 aromatic rings. The second-order valence-electron chi connectivity index (χ2n) is 2.96. The smallest absolute Gasteiger partial charge is 0.0863 e. The lowest BCUT2D eigenvalue weighted by atomic mass is 9.94. The number of rotatable bonds is 0. The van der Waals surface area contributed by atoms with Crippen LogP contribution < -0.4 is 5.32 Å². The van der Waals surface area contributed by atoms with Crippen molar-refractivity contribution >= 4 is 6.34 Å². The number of nitrogens with one attached hydrogen (secondary N) is 1. The molecule has 0 saturated carbocycles. The van der Waals surface area contributed by atoms with Crippen molar-refractivity contribution in [2.45, 2.75) is 13.8 Å². The molecule has 1 N–H and O–H groups in total. The van der Waals surface area contributed by atoms with Crippen molar-refractivity contribution < 1.29 is 0 Å². The summed E-state index contributed by atoms with van der Waals surface area (Å²) in [4.78, 5) is 4.12. The van der Waals surface area contributed by atoms with Crippen LogP contribution in [0.3, 0.4) is 0 Å². The van der Waals surface area contributed by atoms with E-state index in [1.165, 1.54) is 0 Å². The van der Waals surface area contributed by atoms with Crippen molar-refractivity contribution in [1.29, 1.82) is 0 Å². The summed E-state index contributed by atoms with van der Waals surface area (Å²) in [6, 6.07) is 0. The maximum absolute atomic E-state index is 4.12. The molecule has 0 amide bonds. The molecule has 1 aliphatic heterocycles. The average Bonchev–Trinajstić information content (AvgIpc) is 1.92. The lowest BCUT2D eigenvalue weighted by Gasteiger charge is -2.14. The van der Waals surface area contributed by atoms with Gasteiger partial charge in [0.25, 0.3) is 0 Å². The molecule has 2 nitrogen and oxygen atoms in total. The summed E-state index contributed by atoms with van der Waals surface area (Å²) in [6.07, 6.45) is 5.78. The zero-order valence-corrected chi connectivity index (χ0v) is 5.89. The number of hydrogen-bond acceptors (Lipinski definition) is 2. The van der Waals surface area contributed by atoms with Crippen molar-refractivity contribution in [3.63, 3.8) is 0 Å². The van der Waals surface area contributed by atoms with E-state index in [2.05, 4.69) is 30.2 Å². The molecule has 0 spiro atoms. The maximum Gasteiger partial charge on any atom is 0.0863 e. The van der Waals surface area contributed by atoms with Crippen LogP contribution in [0.15, 0.2) is 17.3 Å². The van der Waals surface area contributed by atoms with E-state index >= 15 is 0 Å².